The molecule has 0 aliphatic heterocycles. The van der Waals surface area contributed by atoms with Crippen LogP contribution in [0.4, 0.5) is 15.8 Å². The first-order valence-corrected chi connectivity index (χ1v) is 7.65. The molecule has 0 aliphatic rings. The normalized spacial score (nSPS) is 11.9. The smallest absolute Gasteiger partial charge is 0.237 e. The van der Waals surface area contributed by atoms with Gasteiger partial charge in [0, 0.05) is 5.69 Å². The molecule has 2 aromatic rings. The SMILES string of the molecule is Nc1ccc(Cl)c(S(=O)CC(=O)Nc2ccccc2F)c1. The Bertz CT molecular complexity index is 709. The Kier molecular flexibility index (Phi) is 4.93. The van der Waals surface area contributed by atoms with Gasteiger partial charge in [0.2, 0.25) is 5.91 Å². The molecule has 0 saturated heterocycles. The fraction of sp³-hybridized carbons (Fsp3) is 0.0714. The van der Waals surface area contributed by atoms with E-state index in [4.69, 9.17) is 17.3 Å². The first-order valence-electron chi connectivity index (χ1n) is 5.95. The molecule has 0 bridgehead atoms. The zero-order valence-corrected chi connectivity index (χ0v) is 12.4. The van der Waals surface area contributed by atoms with Gasteiger partial charge in [0.05, 0.1) is 26.4 Å². The summed E-state index contributed by atoms with van der Waals surface area (Å²) < 4.78 is 25.5. The molecule has 4 nitrogen and oxygen atoms in total. The van der Waals surface area contributed by atoms with Crippen molar-refractivity contribution < 1.29 is 13.4 Å². The summed E-state index contributed by atoms with van der Waals surface area (Å²) in [6.07, 6.45) is 0. The number of benzene rings is 2. The molecule has 3 N–H and O–H groups in total. The summed E-state index contributed by atoms with van der Waals surface area (Å²) in [5.41, 5.74) is 6.04. The largest absolute Gasteiger partial charge is 0.399 e. The van der Waals surface area contributed by atoms with Crippen LogP contribution in [0.5, 0.6) is 0 Å². The highest BCUT2D eigenvalue weighted by Crippen LogP contribution is 2.22. The van der Waals surface area contributed by atoms with E-state index < -0.39 is 22.5 Å². The van der Waals surface area contributed by atoms with Gasteiger partial charge in [-0.3, -0.25) is 9.00 Å². The van der Waals surface area contributed by atoms with E-state index in [1.807, 2.05) is 0 Å². The number of hydrogen-bond acceptors (Lipinski definition) is 3. The molecule has 2 aromatic carbocycles. The molecule has 0 saturated carbocycles. The number of nitrogen functional groups attached to an aromatic ring is 1. The number of para-hydroxylation sites is 1. The van der Waals surface area contributed by atoms with Crippen LogP contribution in [0.2, 0.25) is 5.02 Å². The summed E-state index contributed by atoms with van der Waals surface area (Å²) in [6, 6.07) is 10.3. The van der Waals surface area contributed by atoms with Crippen LogP contribution in [0.25, 0.3) is 0 Å². The van der Waals surface area contributed by atoms with Crippen molar-refractivity contribution >= 4 is 39.7 Å². The quantitative estimate of drug-likeness (QED) is 0.849. The van der Waals surface area contributed by atoms with Crippen LogP contribution in [0.1, 0.15) is 0 Å². The second-order valence-corrected chi connectivity index (χ2v) is 6.03. The summed E-state index contributed by atoms with van der Waals surface area (Å²) >= 11 is 5.92. The molecule has 21 heavy (non-hydrogen) atoms. The average Bonchev–Trinajstić information content (AvgIpc) is 2.44. The van der Waals surface area contributed by atoms with E-state index in [0.717, 1.165) is 0 Å². The van der Waals surface area contributed by atoms with Gasteiger partial charge in [0.15, 0.2) is 0 Å². The summed E-state index contributed by atoms with van der Waals surface area (Å²) in [5.74, 6) is -1.46. The van der Waals surface area contributed by atoms with Gasteiger partial charge in [-0.2, -0.15) is 0 Å². The Labute approximate surface area is 128 Å². The number of nitrogens with one attached hydrogen (secondary N) is 1. The maximum Gasteiger partial charge on any atom is 0.237 e. The van der Waals surface area contributed by atoms with E-state index in [9.17, 15) is 13.4 Å². The van der Waals surface area contributed by atoms with E-state index in [1.54, 1.807) is 12.1 Å². The monoisotopic (exact) mass is 326 g/mol. The zero-order chi connectivity index (χ0) is 15.4. The second-order valence-electron chi connectivity index (χ2n) is 4.21. The second kappa shape index (κ2) is 6.69. The number of halogens is 2. The van der Waals surface area contributed by atoms with Crippen molar-refractivity contribution in [2.75, 3.05) is 16.8 Å². The van der Waals surface area contributed by atoms with Crippen molar-refractivity contribution in [3.05, 3.63) is 53.3 Å². The maximum absolute atomic E-state index is 13.4. The predicted molar refractivity (Wildman–Crippen MR) is 82.2 cm³/mol. The van der Waals surface area contributed by atoms with Crippen LogP contribution in [0, 0.1) is 5.82 Å². The van der Waals surface area contributed by atoms with E-state index in [2.05, 4.69) is 5.32 Å². The third kappa shape index (κ3) is 4.03. The van der Waals surface area contributed by atoms with Gasteiger partial charge in [-0.15, -0.1) is 0 Å². The van der Waals surface area contributed by atoms with Crippen molar-refractivity contribution in [1.82, 2.24) is 0 Å². The van der Waals surface area contributed by atoms with Crippen LogP contribution in [0.3, 0.4) is 0 Å². The maximum atomic E-state index is 13.4. The number of anilines is 2. The van der Waals surface area contributed by atoms with Gasteiger partial charge >= 0.3 is 0 Å². The molecule has 0 radical (unpaired) electrons. The number of rotatable bonds is 4. The molecule has 0 spiro atoms. The summed E-state index contributed by atoms with van der Waals surface area (Å²) in [4.78, 5) is 12.1. The van der Waals surface area contributed by atoms with E-state index >= 15 is 0 Å². The predicted octanol–water partition coefficient (Wildman–Crippen LogP) is 2.81. The Morgan fingerprint density at radius 1 is 1.29 bits per heavy atom. The molecule has 2 rings (SSSR count). The lowest BCUT2D eigenvalue weighted by Crippen LogP contribution is -2.20. The Morgan fingerprint density at radius 3 is 2.71 bits per heavy atom. The summed E-state index contributed by atoms with van der Waals surface area (Å²) in [7, 11) is -1.66. The molecule has 7 heteroatoms. The summed E-state index contributed by atoms with van der Waals surface area (Å²) in [5, 5.41) is 2.63. The van der Waals surface area contributed by atoms with Crippen LogP contribution < -0.4 is 11.1 Å². The number of amides is 1. The van der Waals surface area contributed by atoms with Crippen LogP contribution >= 0.6 is 11.6 Å². The van der Waals surface area contributed by atoms with Gasteiger partial charge in [-0.1, -0.05) is 23.7 Å². The Morgan fingerprint density at radius 2 is 2.00 bits per heavy atom. The molecule has 0 heterocycles. The number of hydrogen-bond donors (Lipinski definition) is 2. The molecular formula is C14H12ClFN2O2S. The van der Waals surface area contributed by atoms with Crippen molar-refractivity contribution in [2.45, 2.75) is 4.90 Å². The van der Waals surface area contributed by atoms with Crippen LogP contribution in [-0.4, -0.2) is 15.9 Å². The fourth-order valence-electron chi connectivity index (χ4n) is 1.64. The highest BCUT2D eigenvalue weighted by atomic mass is 35.5. The van der Waals surface area contributed by atoms with Gasteiger partial charge in [-0.25, -0.2) is 4.39 Å². The standard InChI is InChI=1S/C14H12ClFN2O2S/c15-10-6-5-9(17)7-13(10)21(20)8-14(19)18-12-4-2-1-3-11(12)16/h1-7H,8,17H2,(H,18,19). The van der Waals surface area contributed by atoms with E-state index in [0.29, 0.717) is 5.69 Å². The minimum Gasteiger partial charge on any atom is -0.399 e. The van der Waals surface area contributed by atoms with E-state index in [1.165, 1.54) is 30.3 Å². The molecule has 0 aromatic heterocycles. The van der Waals surface area contributed by atoms with Gasteiger partial charge in [0.1, 0.15) is 11.6 Å². The molecule has 0 fully saturated rings. The molecule has 110 valence electrons. The van der Waals surface area contributed by atoms with Gasteiger partial charge in [-0.05, 0) is 30.3 Å². The van der Waals surface area contributed by atoms with Crippen molar-refractivity contribution in [1.29, 1.82) is 0 Å². The molecule has 1 amide bonds. The molecular weight excluding hydrogens is 315 g/mol. The highest BCUT2D eigenvalue weighted by molar-refractivity contribution is 7.86. The van der Waals surface area contributed by atoms with Gasteiger partial charge < -0.3 is 11.1 Å². The Hall–Kier alpha value is -1.92. The molecule has 1 unspecified atom stereocenters. The number of nitrogens with two attached hydrogens (primary N) is 1. The molecule has 1 atom stereocenters. The number of carbonyl (C=O) groups excluding carboxylic acids is 1. The third-order valence-electron chi connectivity index (χ3n) is 2.61. The van der Waals surface area contributed by atoms with Crippen molar-refractivity contribution in [2.24, 2.45) is 0 Å². The lowest BCUT2D eigenvalue weighted by molar-refractivity contribution is -0.113. The average molecular weight is 327 g/mol. The summed E-state index contributed by atoms with van der Waals surface area (Å²) in [6.45, 7) is 0. The minimum absolute atomic E-state index is 0.0400. The minimum atomic E-state index is -1.66. The van der Waals surface area contributed by atoms with Crippen LogP contribution in [0.15, 0.2) is 47.4 Å². The van der Waals surface area contributed by atoms with Gasteiger partial charge in [0.25, 0.3) is 0 Å². The fourth-order valence-corrected chi connectivity index (χ4v) is 3.03. The van der Waals surface area contributed by atoms with Crippen LogP contribution in [-0.2, 0) is 15.6 Å². The topological polar surface area (TPSA) is 72.2 Å². The number of carbonyl (C=O) groups is 1. The van der Waals surface area contributed by atoms with Crippen molar-refractivity contribution in [3.63, 3.8) is 0 Å². The third-order valence-corrected chi connectivity index (χ3v) is 4.41. The van der Waals surface area contributed by atoms with Crippen molar-refractivity contribution in [3.8, 4) is 0 Å². The Balaban J connectivity index is 2.08. The first-order chi connectivity index (χ1) is 9.97. The first kappa shape index (κ1) is 15.5. The highest BCUT2D eigenvalue weighted by Gasteiger charge is 2.15. The molecule has 0 aliphatic carbocycles. The zero-order valence-electron chi connectivity index (χ0n) is 10.8. The lowest BCUT2D eigenvalue weighted by atomic mass is 10.3. The van der Waals surface area contributed by atoms with E-state index in [-0.39, 0.29) is 21.4 Å². The lowest BCUT2D eigenvalue weighted by Gasteiger charge is -2.08.